The van der Waals surface area contributed by atoms with Crippen LogP contribution in [0.25, 0.3) is 0 Å². The average molecular weight is 409 g/mol. The molecule has 0 unspecified atom stereocenters. The number of benzene rings is 2. The largest absolute Gasteiger partial charge is 0.321 e. The van der Waals surface area contributed by atoms with E-state index in [1.165, 1.54) is 16.2 Å². The summed E-state index contributed by atoms with van der Waals surface area (Å²) in [5, 5.41) is 4.72. The van der Waals surface area contributed by atoms with Gasteiger partial charge < -0.3 is 5.32 Å². The molecule has 1 aromatic heterocycles. The standard InChI is InChI=1S/C21H16N2O3S2/c24-19(18-6-3-12-28-18)22-14-7-9-15(10-8-14)27-13-11-23-20(25)16-4-1-2-5-17(16)21(23)26/h1-10,12H,11,13H2,(H,22,24). The van der Waals surface area contributed by atoms with E-state index in [4.69, 9.17) is 0 Å². The van der Waals surface area contributed by atoms with Gasteiger partial charge in [-0.1, -0.05) is 18.2 Å². The molecule has 0 spiro atoms. The molecule has 28 heavy (non-hydrogen) atoms. The predicted molar refractivity (Wildman–Crippen MR) is 111 cm³/mol. The minimum atomic E-state index is -0.229. The van der Waals surface area contributed by atoms with Crippen LogP contribution in [0, 0.1) is 0 Å². The number of hydrogen-bond donors (Lipinski definition) is 1. The molecule has 3 aromatic rings. The maximum absolute atomic E-state index is 12.4. The van der Waals surface area contributed by atoms with Crippen molar-refractivity contribution in [2.24, 2.45) is 0 Å². The van der Waals surface area contributed by atoms with Crippen molar-refractivity contribution < 1.29 is 14.4 Å². The lowest BCUT2D eigenvalue weighted by molar-refractivity contribution is 0.0664. The second-order valence-electron chi connectivity index (χ2n) is 6.11. The number of imide groups is 1. The van der Waals surface area contributed by atoms with Gasteiger partial charge in [0.25, 0.3) is 17.7 Å². The Bertz CT molecular complexity index is 995. The van der Waals surface area contributed by atoms with Gasteiger partial charge in [-0.2, -0.15) is 0 Å². The third-order valence-electron chi connectivity index (χ3n) is 4.32. The van der Waals surface area contributed by atoms with Crippen molar-refractivity contribution in [3.63, 3.8) is 0 Å². The Morgan fingerprint density at radius 1 is 0.929 bits per heavy atom. The van der Waals surface area contributed by atoms with E-state index < -0.39 is 0 Å². The van der Waals surface area contributed by atoms with Crippen LogP contribution in [0.3, 0.4) is 0 Å². The fourth-order valence-electron chi connectivity index (χ4n) is 2.93. The van der Waals surface area contributed by atoms with Crippen LogP contribution in [0.4, 0.5) is 5.69 Å². The van der Waals surface area contributed by atoms with Crippen molar-refractivity contribution in [3.05, 3.63) is 82.0 Å². The Kier molecular flexibility index (Phi) is 5.27. The smallest absolute Gasteiger partial charge is 0.265 e. The second-order valence-corrected chi connectivity index (χ2v) is 8.23. The molecule has 2 aromatic carbocycles. The average Bonchev–Trinajstić information content (AvgIpc) is 3.33. The second kappa shape index (κ2) is 8.00. The van der Waals surface area contributed by atoms with Gasteiger partial charge in [-0.3, -0.25) is 19.3 Å². The number of rotatable bonds is 6. The Labute approximate surface area is 170 Å². The van der Waals surface area contributed by atoms with Gasteiger partial charge in [0.05, 0.1) is 16.0 Å². The van der Waals surface area contributed by atoms with Gasteiger partial charge in [0.15, 0.2) is 0 Å². The van der Waals surface area contributed by atoms with E-state index in [2.05, 4.69) is 5.32 Å². The first-order valence-corrected chi connectivity index (χ1v) is 10.5. The molecule has 0 saturated carbocycles. The number of hydrogen-bond acceptors (Lipinski definition) is 5. The molecule has 1 N–H and O–H groups in total. The summed E-state index contributed by atoms with van der Waals surface area (Å²) in [6, 6.07) is 18.0. The first-order valence-electron chi connectivity index (χ1n) is 8.66. The van der Waals surface area contributed by atoms with E-state index in [1.807, 2.05) is 35.7 Å². The first kappa shape index (κ1) is 18.5. The molecule has 0 atom stereocenters. The van der Waals surface area contributed by atoms with Crippen molar-refractivity contribution >= 4 is 46.5 Å². The maximum atomic E-state index is 12.4. The zero-order valence-corrected chi connectivity index (χ0v) is 16.4. The predicted octanol–water partition coefficient (Wildman–Crippen LogP) is 4.39. The number of carbonyl (C=O) groups is 3. The van der Waals surface area contributed by atoms with Gasteiger partial charge in [-0.15, -0.1) is 23.1 Å². The van der Waals surface area contributed by atoms with Crippen molar-refractivity contribution in [1.82, 2.24) is 4.90 Å². The summed E-state index contributed by atoms with van der Waals surface area (Å²) in [6.45, 7) is 0.355. The fraction of sp³-hybridized carbons (Fsp3) is 0.0952. The third-order valence-corrected chi connectivity index (χ3v) is 6.18. The molecule has 0 bridgehead atoms. The highest BCUT2D eigenvalue weighted by Crippen LogP contribution is 2.25. The lowest BCUT2D eigenvalue weighted by Gasteiger charge is -2.13. The Hall–Kier alpha value is -2.90. The minimum absolute atomic E-state index is 0.124. The Morgan fingerprint density at radius 3 is 2.21 bits per heavy atom. The number of nitrogens with one attached hydrogen (secondary N) is 1. The lowest BCUT2D eigenvalue weighted by atomic mass is 10.1. The fourth-order valence-corrected chi connectivity index (χ4v) is 4.39. The number of carbonyl (C=O) groups excluding carboxylic acids is 3. The molecule has 3 amide bonds. The molecule has 1 aliphatic rings. The minimum Gasteiger partial charge on any atom is -0.321 e. The maximum Gasteiger partial charge on any atom is 0.265 e. The number of amides is 3. The zero-order valence-electron chi connectivity index (χ0n) is 14.8. The first-order chi connectivity index (χ1) is 13.6. The monoisotopic (exact) mass is 408 g/mol. The molecule has 7 heteroatoms. The van der Waals surface area contributed by atoms with E-state index >= 15 is 0 Å². The number of thioether (sulfide) groups is 1. The summed E-state index contributed by atoms with van der Waals surface area (Å²) < 4.78 is 0. The van der Waals surface area contributed by atoms with Gasteiger partial charge in [-0.25, -0.2) is 0 Å². The third kappa shape index (κ3) is 3.72. The normalized spacial score (nSPS) is 12.9. The van der Waals surface area contributed by atoms with Gasteiger partial charge in [-0.05, 0) is 47.8 Å². The lowest BCUT2D eigenvalue weighted by Crippen LogP contribution is -2.31. The highest BCUT2D eigenvalue weighted by Gasteiger charge is 2.34. The van der Waals surface area contributed by atoms with Crippen LogP contribution in [0.5, 0.6) is 0 Å². The highest BCUT2D eigenvalue weighted by atomic mass is 32.2. The van der Waals surface area contributed by atoms with E-state index in [-0.39, 0.29) is 17.7 Å². The summed E-state index contributed by atoms with van der Waals surface area (Å²) in [5.74, 6) is 0.0218. The van der Waals surface area contributed by atoms with Gasteiger partial charge in [0.1, 0.15) is 0 Å². The van der Waals surface area contributed by atoms with Crippen molar-refractivity contribution in [3.8, 4) is 0 Å². The quantitative estimate of drug-likeness (QED) is 0.485. The molecule has 0 fully saturated rings. The Morgan fingerprint density at radius 2 is 1.61 bits per heavy atom. The molecule has 4 rings (SSSR count). The molecule has 2 heterocycles. The van der Waals surface area contributed by atoms with E-state index in [0.717, 1.165) is 10.6 Å². The summed E-state index contributed by atoms with van der Waals surface area (Å²) in [5.41, 5.74) is 1.68. The SMILES string of the molecule is O=C(Nc1ccc(SCCN2C(=O)c3ccccc3C2=O)cc1)c1cccs1. The van der Waals surface area contributed by atoms with Gasteiger partial charge >= 0.3 is 0 Å². The molecule has 0 saturated heterocycles. The van der Waals surface area contributed by atoms with E-state index in [1.54, 1.807) is 42.1 Å². The summed E-state index contributed by atoms with van der Waals surface area (Å²) >= 11 is 2.96. The molecule has 5 nitrogen and oxygen atoms in total. The molecular formula is C21H16N2O3S2. The number of nitrogens with zero attached hydrogens (tertiary/aromatic N) is 1. The number of thiophene rings is 1. The summed E-state index contributed by atoms with van der Waals surface area (Å²) in [7, 11) is 0. The zero-order chi connectivity index (χ0) is 19.5. The van der Waals surface area contributed by atoms with Crippen LogP contribution >= 0.6 is 23.1 Å². The molecule has 140 valence electrons. The van der Waals surface area contributed by atoms with Gasteiger partial charge in [0.2, 0.25) is 0 Å². The molecule has 1 aliphatic heterocycles. The molecule has 0 aliphatic carbocycles. The molecule has 0 radical (unpaired) electrons. The van der Waals surface area contributed by atoms with Crippen LogP contribution in [0.2, 0.25) is 0 Å². The summed E-state index contributed by atoms with van der Waals surface area (Å²) in [4.78, 5) is 39.7. The number of fused-ring (bicyclic) bond motifs is 1. The van der Waals surface area contributed by atoms with E-state index in [9.17, 15) is 14.4 Å². The topological polar surface area (TPSA) is 66.5 Å². The van der Waals surface area contributed by atoms with Crippen LogP contribution < -0.4 is 5.32 Å². The molecular weight excluding hydrogens is 392 g/mol. The van der Waals surface area contributed by atoms with E-state index in [0.29, 0.717) is 28.3 Å². The van der Waals surface area contributed by atoms with Crippen molar-refractivity contribution in [2.45, 2.75) is 4.90 Å². The van der Waals surface area contributed by atoms with Crippen molar-refractivity contribution in [1.29, 1.82) is 0 Å². The Balaban J connectivity index is 1.31. The van der Waals surface area contributed by atoms with Crippen LogP contribution in [0.1, 0.15) is 30.4 Å². The van der Waals surface area contributed by atoms with Crippen molar-refractivity contribution in [2.75, 3.05) is 17.6 Å². The number of anilines is 1. The van der Waals surface area contributed by atoms with Crippen LogP contribution in [-0.4, -0.2) is 34.9 Å². The van der Waals surface area contributed by atoms with Gasteiger partial charge in [0, 0.05) is 22.9 Å². The summed E-state index contributed by atoms with van der Waals surface area (Å²) in [6.07, 6.45) is 0. The van der Waals surface area contributed by atoms with Crippen LogP contribution in [0.15, 0.2) is 70.9 Å². The highest BCUT2D eigenvalue weighted by molar-refractivity contribution is 7.99. The van der Waals surface area contributed by atoms with Crippen LogP contribution in [-0.2, 0) is 0 Å².